The standard InChI is InChI=1S/C11H14Br2O2S/c12-10-6-8(11(13)16-10)9(14)5-7-1-3-15-4-2-7/h6-7,9,14H,1-5H2. The molecule has 2 rings (SSSR count). The molecule has 2 nitrogen and oxygen atoms in total. The van der Waals surface area contributed by atoms with Gasteiger partial charge in [0.25, 0.3) is 0 Å². The Balaban J connectivity index is 1.96. The summed E-state index contributed by atoms with van der Waals surface area (Å²) in [6.45, 7) is 1.68. The van der Waals surface area contributed by atoms with E-state index in [2.05, 4.69) is 31.9 Å². The Morgan fingerprint density at radius 1 is 1.44 bits per heavy atom. The molecule has 0 aliphatic carbocycles. The molecule has 2 heterocycles. The lowest BCUT2D eigenvalue weighted by atomic mass is 9.92. The second-order valence-electron chi connectivity index (χ2n) is 4.09. The van der Waals surface area contributed by atoms with Crippen molar-refractivity contribution in [2.45, 2.75) is 25.4 Å². The Morgan fingerprint density at radius 3 is 2.69 bits per heavy atom. The minimum Gasteiger partial charge on any atom is -0.388 e. The van der Waals surface area contributed by atoms with Gasteiger partial charge in [-0.25, -0.2) is 0 Å². The quantitative estimate of drug-likeness (QED) is 0.868. The molecular weight excluding hydrogens is 356 g/mol. The summed E-state index contributed by atoms with van der Waals surface area (Å²) in [7, 11) is 0. The fourth-order valence-corrected chi connectivity index (χ4v) is 4.96. The second-order valence-corrected chi connectivity index (χ2v) is 7.84. The van der Waals surface area contributed by atoms with Crippen LogP contribution in [0.4, 0.5) is 0 Å². The van der Waals surface area contributed by atoms with Crippen LogP contribution in [0.3, 0.4) is 0 Å². The number of thiophene rings is 1. The van der Waals surface area contributed by atoms with Crippen LogP contribution in [0, 0.1) is 5.92 Å². The molecule has 1 saturated heterocycles. The summed E-state index contributed by atoms with van der Waals surface area (Å²) in [5.41, 5.74) is 1.00. The summed E-state index contributed by atoms with van der Waals surface area (Å²) in [6, 6.07) is 2.00. The summed E-state index contributed by atoms with van der Waals surface area (Å²) < 4.78 is 7.40. The van der Waals surface area contributed by atoms with E-state index in [1.807, 2.05) is 6.07 Å². The van der Waals surface area contributed by atoms with Crippen molar-refractivity contribution >= 4 is 43.2 Å². The third kappa shape index (κ3) is 3.29. The van der Waals surface area contributed by atoms with E-state index in [1.54, 1.807) is 11.3 Å². The summed E-state index contributed by atoms with van der Waals surface area (Å²) >= 11 is 8.53. The molecule has 90 valence electrons. The van der Waals surface area contributed by atoms with Crippen LogP contribution in [0.15, 0.2) is 13.6 Å². The molecule has 0 bridgehead atoms. The number of hydrogen-bond donors (Lipinski definition) is 1. The smallest absolute Gasteiger partial charge is 0.0812 e. The predicted molar refractivity (Wildman–Crippen MR) is 72.8 cm³/mol. The van der Waals surface area contributed by atoms with Crippen LogP contribution in [0.5, 0.6) is 0 Å². The van der Waals surface area contributed by atoms with Crippen molar-refractivity contribution < 1.29 is 9.84 Å². The van der Waals surface area contributed by atoms with E-state index in [0.29, 0.717) is 5.92 Å². The molecule has 0 amide bonds. The van der Waals surface area contributed by atoms with E-state index >= 15 is 0 Å². The van der Waals surface area contributed by atoms with E-state index in [4.69, 9.17) is 4.74 Å². The molecule has 0 saturated carbocycles. The summed E-state index contributed by atoms with van der Waals surface area (Å²) in [4.78, 5) is 0. The predicted octanol–water partition coefficient (Wildman–Crippen LogP) is 4.12. The van der Waals surface area contributed by atoms with Crippen LogP contribution in [0.25, 0.3) is 0 Å². The van der Waals surface area contributed by atoms with Crippen molar-refractivity contribution in [3.8, 4) is 0 Å². The van der Waals surface area contributed by atoms with Crippen LogP contribution in [0.2, 0.25) is 0 Å². The van der Waals surface area contributed by atoms with Crippen LogP contribution >= 0.6 is 43.2 Å². The molecule has 0 aromatic carbocycles. The lowest BCUT2D eigenvalue weighted by Gasteiger charge is -2.24. The van der Waals surface area contributed by atoms with Crippen molar-refractivity contribution in [1.29, 1.82) is 0 Å². The number of aliphatic hydroxyl groups excluding tert-OH is 1. The van der Waals surface area contributed by atoms with Crippen molar-refractivity contribution in [3.05, 3.63) is 19.2 Å². The molecule has 1 aromatic heterocycles. The zero-order chi connectivity index (χ0) is 11.5. The molecule has 0 radical (unpaired) electrons. The molecule has 0 spiro atoms. The third-order valence-corrected chi connectivity index (χ3v) is 5.33. The van der Waals surface area contributed by atoms with Crippen molar-refractivity contribution in [3.63, 3.8) is 0 Å². The topological polar surface area (TPSA) is 29.5 Å². The molecule has 1 aromatic rings. The van der Waals surface area contributed by atoms with Gasteiger partial charge in [-0.1, -0.05) is 0 Å². The first kappa shape index (κ1) is 13.0. The first-order valence-corrected chi connectivity index (χ1v) is 7.77. The van der Waals surface area contributed by atoms with Gasteiger partial charge in [-0.05, 0) is 63.1 Å². The summed E-state index contributed by atoms with van der Waals surface area (Å²) in [5.74, 6) is 0.592. The van der Waals surface area contributed by atoms with Gasteiger partial charge in [0, 0.05) is 18.8 Å². The van der Waals surface area contributed by atoms with Crippen LogP contribution in [-0.4, -0.2) is 18.3 Å². The second kappa shape index (κ2) is 5.96. The number of aliphatic hydroxyl groups is 1. The first-order chi connectivity index (χ1) is 7.66. The van der Waals surface area contributed by atoms with Gasteiger partial charge >= 0.3 is 0 Å². The highest BCUT2D eigenvalue weighted by molar-refractivity contribution is 9.12. The van der Waals surface area contributed by atoms with E-state index in [1.165, 1.54) is 0 Å². The van der Waals surface area contributed by atoms with Gasteiger partial charge in [-0.3, -0.25) is 0 Å². The van der Waals surface area contributed by atoms with E-state index in [-0.39, 0.29) is 6.10 Å². The average Bonchev–Trinajstić information content (AvgIpc) is 2.59. The normalized spacial score (nSPS) is 19.9. The minimum atomic E-state index is -0.361. The Morgan fingerprint density at radius 2 is 2.12 bits per heavy atom. The molecule has 1 N–H and O–H groups in total. The third-order valence-electron chi connectivity index (χ3n) is 2.94. The number of rotatable bonds is 3. The van der Waals surface area contributed by atoms with Gasteiger partial charge in [-0.2, -0.15) is 0 Å². The monoisotopic (exact) mass is 368 g/mol. The highest BCUT2D eigenvalue weighted by Gasteiger charge is 2.21. The van der Waals surface area contributed by atoms with Gasteiger partial charge in [0.2, 0.25) is 0 Å². The lowest BCUT2D eigenvalue weighted by Crippen LogP contribution is -2.18. The zero-order valence-electron chi connectivity index (χ0n) is 8.79. The van der Waals surface area contributed by atoms with Gasteiger partial charge in [0.05, 0.1) is 13.7 Å². The van der Waals surface area contributed by atoms with Gasteiger partial charge in [0.15, 0.2) is 0 Å². The molecule has 1 atom stereocenters. The maximum Gasteiger partial charge on any atom is 0.0812 e. The fourth-order valence-electron chi connectivity index (χ4n) is 2.00. The fraction of sp³-hybridized carbons (Fsp3) is 0.636. The first-order valence-electron chi connectivity index (χ1n) is 5.37. The SMILES string of the molecule is OC(CC1CCOCC1)c1cc(Br)sc1Br. The highest BCUT2D eigenvalue weighted by atomic mass is 79.9. The summed E-state index contributed by atoms with van der Waals surface area (Å²) in [5, 5.41) is 10.2. The maximum absolute atomic E-state index is 10.2. The zero-order valence-corrected chi connectivity index (χ0v) is 12.8. The number of hydrogen-bond acceptors (Lipinski definition) is 3. The molecule has 1 fully saturated rings. The largest absolute Gasteiger partial charge is 0.388 e. The van der Waals surface area contributed by atoms with Crippen LogP contribution in [0.1, 0.15) is 30.9 Å². The molecular formula is C11H14Br2O2S. The minimum absolute atomic E-state index is 0.361. The average molecular weight is 370 g/mol. The molecule has 1 aliphatic heterocycles. The van der Waals surface area contributed by atoms with Crippen molar-refractivity contribution in [2.75, 3.05) is 13.2 Å². The van der Waals surface area contributed by atoms with Crippen molar-refractivity contribution in [1.82, 2.24) is 0 Å². The van der Waals surface area contributed by atoms with Gasteiger partial charge < -0.3 is 9.84 Å². The van der Waals surface area contributed by atoms with E-state index in [9.17, 15) is 5.11 Å². The lowest BCUT2D eigenvalue weighted by molar-refractivity contribution is 0.0435. The molecule has 1 unspecified atom stereocenters. The Labute approximate surface area is 116 Å². The van der Waals surface area contributed by atoms with Crippen LogP contribution in [-0.2, 0) is 4.74 Å². The highest BCUT2D eigenvalue weighted by Crippen LogP contribution is 2.38. The Hall–Kier alpha value is 0.580. The molecule has 5 heteroatoms. The van der Waals surface area contributed by atoms with Gasteiger partial charge in [-0.15, -0.1) is 11.3 Å². The van der Waals surface area contributed by atoms with Crippen molar-refractivity contribution in [2.24, 2.45) is 5.92 Å². The van der Waals surface area contributed by atoms with E-state index in [0.717, 1.165) is 45.6 Å². The summed E-state index contributed by atoms with van der Waals surface area (Å²) in [6.07, 6.45) is 2.62. The molecule has 16 heavy (non-hydrogen) atoms. The Bertz CT molecular complexity index is 348. The van der Waals surface area contributed by atoms with E-state index < -0.39 is 0 Å². The number of halogens is 2. The number of ether oxygens (including phenoxy) is 1. The maximum atomic E-state index is 10.2. The molecule has 1 aliphatic rings. The van der Waals surface area contributed by atoms with Crippen LogP contribution < -0.4 is 0 Å². The Kier molecular flexibility index (Phi) is 4.85. The van der Waals surface area contributed by atoms with Gasteiger partial charge in [0.1, 0.15) is 0 Å².